The van der Waals surface area contributed by atoms with Gasteiger partial charge in [0, 0.05) is 25.7 Å². The molecule has 0 spiro atoms. The third-order valence-electron chi connectivity index (χ3n) is 14.5. The molecule has 0 rings (SSSR count). The summed E-state index contributed by atoms with van der Waals surface area (Å²) in [6.45, 7) is 11.6. The fraction of sp³-hybridized carbons (Fsp3) is 0.935. The number of carbonyl (C=O) groups is 4. The highest BCUT2D eigenvalue weighted by molar-refractivity contribution is 7.47. The van der Waals surface area contributed by atoms with Gasteiger partial charge in [0.2, 0.25) is 0 Å². The highest BCUT2D eigenvalue weighted by Gasteiger charge is 2.30. The Hall–Kier alpha value is -1.94. The second-order valence-corrected chi connectivity index (χ2v) is 26.5. The standard InChI is InChI=1S/C62H120O17P2/c1-8-10-11-26-36-43-59(64)72-49-57(78-62(67)46-39-32-25-18-16-21-28-34-41-54(5)6)51-76-80(68,69)74-47-56(63)48-75-81(70,71)77-52-58(50-73-60(65)44-37-30-23-19-17-22-29-35-42-55(7)9-2)79-61(66)45-38-31-24-15-13-12-14-20-27-33-40-53(3)4/h53-58,63H,8-52H2,1-7H3,(H,68,69)(H,70,71)/t55?,56-,57+,58+/m0/s1. The van der Waals surface area contributed by atoms with Gasteiger partial charge in [0.05, 0.1) is 26.4 Å². The van der Waals surface area contributed by atoms with E-state index in [1.54, 1.807) is 0 Å². The van der Waals surface area contributed by atoms with Crippen molar-refractivity contribution in [3.63, 3.8) is 0 Å². The first-order valence-corrected chi connectivity index (χ1v) is 35.4. The Bertz CT molecular complexity index is 1620. The lowest BCUT2D eigenvalue weighted by molar-refractivity contribution is -0.161. The zero-order chi connectivity index (χ0) is 60.3. The van der Waals surface area contributed by atoms with Gasteiger partial charge in [0.15, 0.2) is 12.2 Å². The number of esters is 4. The van der Waals surface area contributed by atoms with Crippen LogP contribution in [0.2, 0.25) is 0 Å². The number of rotatable bonds is 60. The minimum atomic E-state index is -4.94. The average Bonchev–Trinajstić information content (AvgIpc) is 3.42. The molecule has 6 atom stereocenters. The number of phosphoric ester groups is 2. The van der Waals surface area contributed by atoms with Crippen molar-refractivity contribution in [2.24, 2.45) is 17.8 Å². The molecule has 0 saturated carbocycles. The molecule has 0 aromatic heterocycles. The van der Waals surface area contributed by atoms with Crippen molar-refractivity contribution in [3.05, 3.63) is 0 Å². The van der Waals surface area contributed by atoms with Gasteiger partial charge in [-0.25, -0.2) is 9.13 Å². The second kappa shape index (κ2) is 53.5. The van der Waals surface area contributed by atoms with E-state index in [-0.39, 0.29) is 25.7 Å². The molecule has 480 valence electrons. The van der Waals surface area contributed by atoms with Crippen molar-refractivity contribution >= 4 is 39.5 Å². The van der Waals surface area contributed by atoms with E-state index in [0.29, 0.717) is 25.7 Å². The molecule has 3 unspecified atom stereocenters. The van der Waals surface area contributed by atoms with Gasteiger partial charge in [-0.3, -0.25) is 37.3 Å². The molecule has 81 heavy (non-hydrogen) atoms. The first kappa shape index (κ1) is 79.1. The zero-order valence-electron chi connectivity index (χ0n) is 52.2. The van der Waals surface area contributed by atoms with E-state index < -0.39 is 97.5 Å². The van der Waals surface area contributed by atoms with Crippen LogP contribution < -0.4 is 0 Å². The van der Waals surface area contributed by atoms with Gasteiger partial charge in [-0.2, -0.15) is 0 Å². The quantitative estimate of drug-likeness (QED) is 0.0222. The summed E-state index contributed by atoms with van der Waals surface area (Å²) in [5, 5.41) is 10.5. The minimum absolute atomic E-state index is 0.103. The van der Waals surface area contributed by atoms with Crippen molar-refractivity contribution in [1.29, 1.82) is 0 Å². The molecule has 0 aliphatic rings. The number of hydrogen-bond acceptors (Lipinski definition) is 15. The van der Waals surface area contributed by atoms with Crippen molar-refractivity contribution in [2.75, 3.05) is 39.6 Å². The topological polar surface area (TPSA) is 237 Å². The van der Waals surface area contributed by atoms with Crippen LogP contribution in [0.15, 0.2) is 0 Å². The Morgan fingerprint density at radius 3 is 0.938 bits per heavy atom. The minimum Gasteiger partial charge on any atom is -0.462 e. The Morgan fingerprint density at radius 2 is 0.630 bits per heavy atom. The molecule has 0 radical (unpaired) electrons. The van der Waals surface area contributed by atoms with E-state index in [2.05, 4.69) is 48.5 Å². The van der Waals surface area contributed by atoms with Crippen LogP contribution in [0, 0.1) is 17.8 Å². The second-order valence-electron chi connectivity index (χ2n) is 23.6. The highest BCUT2D eigenvalue weighted by Crippen LogP contribution is 2.45. The fourth-order valence-corrected chi connectivity index (χ4v) is 10.7. The van der Waals surface area contributed by atoms with Crippen molar-refractivity contribution in [2.45, 2.75) is 317 Å². The maximum atomic E-state index is 13.0. The third-order valence-corrected chi connectivity index (χ3v) is 16.4. The molecule has 0 saturated heterocycles. The van der Waals surface area contributed by atoms with Crippen LogP contribution in [-0.2, 0) is 65.4 Å². The van der Waals surface area contributed by atoms with Gasteiger partial charge in [-0.05, 0) is 43.4 Å². The summed E-state index contributed by atoms with van der Waals surface area (Å²) < 4.78 is 67.7. The van der Waals surface area contributed by atoms with E-state index in [1.165, 1.54) is 103 Å². The monoisotopic (exact) mass is 1200 g/mol. The smallest absolute Gasteiger partial charge is 0.462 e. The molecule has 0 aliphatic heterocycles. The summed E-state index contributed by atoms with van der Waals surface area (Å²) in [7, 11) is -9.88. The highest BCUT2D eigenvalue weighted by atomic mass is 31.2. The molecular weight excluding hydrogens is 1080 g/mol. The van der Waals surface area contributed by atoms with Gasteiger partial charge in [-0.1, -0.05) is 248 Å². The summed E-state index contributed by atoms with van der Waals surface area (Å²) in [4.78, 5) is 71.9. The number of aliphatic hydroxyl groups excluding tert-OH is 1. The zero-order valence-corrected chi connectivity index (χ0v) is 54.0. The van der Waals surface area contributed by atoms with Gasteiger partial charge >= 0.3 is 39.5 Å². The lowest BCUT2D eigenvalue weighted by Gasteiger charge is -2.21. The molecule has 0 aromatic carbocycles. The predicted octanol–water partition coefficient (Wildman–Crippen LogP) is 16.7. The Balaban J connectivity index is 5.20. The average molecular weight is 1200 g/mol. The number of aliphatic hydroxyl groups is 1. The molecule has 0 aromatic rings. The summed E-state index contributed by atoms with van der Waals surface area (Å²) in [5.41, 5.74) is 0. The molecule has 0 amide bonds. The summed E-state index contributed by atoms with van der Waals surface area (Å²) in [6.07, 6.45) is 33.8. The van der Waals surface area contributed by atoms with Crippen LogP contribution in [0.4, 0.5) is 0 Å². The Kier molecular flexibility index (Phi) is 52.2. The van der Waals surface area contributed by atoms with Crippen LogP contribution in [0.25, 0.3) is 0 Å². The number of unbranched alkanes of at least 4 members (excludes halogenated alkanes) is 27. The maximum Gasteiger partial charge on any atom is 0.472 e. The van der Waals surface area contributed by atoms with E-state index >= 15 is 0 Å². The van der Waals surface area contributed by atoms with Gasteiger partial charge in [-0.15, -0.1) is 0 Å². The molecule has 3 N–H and O–H groups in total. The first-order valence-electron chi connectivity index (χ1n) is 32.4. The van der Waals surface area contributed by atoms with Crippen LogP contribution in [-0.4, -0.2) is 96.7 Å². The fourth-order valence-electron chi connectivity index (χ4n) is 9.09. The molecule has 0 heterocycles. The van der Waals surface area contributed by atoms with Crippen molar-refractivity contribution in [1.82, 2.24) is 0 Å². The van der Waals surface area contributed by atoms with E-state index in [1.807, 2.05) is 0 Å². The Morgan fingerprint density at radius 1 is 0.358 bits per heavy atom. The van der Waals surface area contributed by atoms with Crippen LogP contribution in [0.5, 0.6) is 0 Å². The summed E-state index contributed by atoms with van der Waals surface area (Å²) in [6, 6.07) is 0. The number of hydrogen-bond donors (Lipinski definition) is 3. The SMILES string of the molecule is CCCCCCCC(=O)OC[C@H](COP(=O)(O)OC[C@H](O)COP(=O)(O)OC[C@@H](COC(=O)CCCCCCCCCCC(C)CC)OC(=O)CCCCCCCCCCCCC(C)C)OC(=O)CCCCCCCCCCC(C)C. The number of ether oxygens (including phenoxy) is 4. The molecular formula is C62H120O17P2. The van der Waals surface area contributed by atoms with E-state index in [0.717, 1.165) is 114 Å². The normalized spacial score (nSPS) is 14.8. The largest absolute Gasteiger partial charge is 0.472 e. The first-order chi connectivity index (χ1) is 38.8. The lowest BCUT2D eigenvalue weighted by atomic mass is 9.99. The van der Waals surface area contributed by atoms with Crippen molar-refractivity contribution < 1.29 is 80.2 Å². The van der Waals surface area contributed by atoms with Crippen molar-refractivity contribution in [3.8, 4) is 0 Å². The van der Waals surface area contributed by atoms with Crippen LogP contribution in [0.1, 0.15) is 299 Å². The maximum absolute atomic E-state index is 13.0. The molecule has 0 bridgehead atoms. The number of carbonyl (C=O) groups excluding carboxylic acids is 4. The lowest BCUT2D eigenvalue weighted by Crippen LogP contribution is -2.30. The third kappa shape index (κ3) is 55.7. The van der Waals surface area contributed by atoms with Crippen LogP contribution >= 0.6 is 15.6 Å². The summed E-state index contributed by atoms with van der Waals surface area (Å²) in [5.74, 6) is 0.0979. The molecule has 0 aliphatic carbocycles. The van der Waals surface area contributed by atoms with Gasteiger partial charge in [0.25, 0.3) is 0 Å². The molecule has 17 nitrogen and oxygen atoms in total. The predicted molar refractivity (Wildman–Crippen MR) is 321 cm³/mol. The number of phosphoric acid groups is 2. The summed E-state index contributed by atoms with van der Waals surface area (Å²) >= 11 is 0. The van der Waals surface area contributed by atoms with Crippen LogP contribution in [0.3, 0.4) is 0 Å². The Labute approximate surface area is 492 Å². The van der Waals surface area contributed by atoms with Gasteiger partial charge < -0.3 is 33.8 Å². The molecule has 19 heteroatoms. The molecule has 0 fully saturated rings. The van der Waals surface area contributed by atoms with E-state index in [4.69, 9.17) is 37.0 Å². The van der Waals surface area contributed by atoms with E-state index in [9.17, 15) is 43.2 Å². The van der Waals surface area contributed by atoms with Gasteiger partial charge in [0.1, 0.15) is 19.3 Å².